The summed E-state index contributed by atoms with van der Waals surface area (Å²) in [6, 6.07) is 1.89. The van der Waals surface area contributed by atoms with Crippen LogP contribution in [0, 0.1) is 11.3 Å². The highest BCUT2D eigenvalue weighted by molar-refractivity contribution is 7.22. The van der Waals surface area contributed by atoms with Crippen molar-refractivity contribution < 1.29 is 0 Å². The van der Waals surface area contributed by atoms with Gasteiger partial charge in [-0.1, -0.05) is 11.3 Å². The molecule has 0 bridgehead atoms. The van der Waals surface area contributed by atoms with E-state index in [1.807, 2.05) is 6.07 Å². The number of nitrogens with zero attached hydrogens (tertiary/aromatic N) is 3. The van der Waals surface area contributed by atoms with E-state index in [9.17, 15) is 0 Å². The molecule has 0 atom stereocenters. The highest BCUT2D eigenvalue weighted by Gasteiger charge is 2.13. The van der Waals surface area contributed by atoms with Crippen molar-refractivity contribution in [3.05, 3.63) is 5.56 Å². The van der Waals surface area contributed by atoms with Crippen LogP contribution < -0.4 is 17.2 Å². The Kier molecular flexibility index (Phi) is 1.65. The van der Waals surface area contributed by atoms with Crippen LogP contribution in [-0.2, 0) is 0 Å². The van der Waals surface area contributed by atoms with E-state index >= 15 is 0 Å². The summed E-state index contributed by atoms with van der Waals surface area (Å²) in [5.41, 5.74) is 17.6. The Balaban J connectivity index is 2.93. The fourth-order valence-electron chi connectivity index (χ4n) is 1.12. The highest BCUT2D eigenvalue weighted by Crippen LogP contribution is 2.32. The molecule has 0 saturated carbocycles. The molecule has 0 aliphatic heterocycles. The van der Waals surface area contributed by atoms with E-state index in [2.05, 4.69) is 9.97 Å². The lowest BCUT2D eigenvalue weighted by molar-refractivity contribution is 1.32. The van der Waals surface area contributed by atoms with E-state index in [-0.39, 0.29) is 11.4 Å². The Labute approximate surface area is 83.0 Å². The summed E-state index contributed by atoms with van der Waals surface area (Å²) < 4.78 is 0.605. The molecule has 70 valence electrons. The number of pyridine rings is 1. The molecular formula is C7H6N6S. The maximum Gasteiger partial charge on any atom is 0.182 e. The normalized spacial score (nSPS) is 10.2. The minimum Gasteiger partial charge on any atom is -0.396 e. The molecule has 6 nitrogen and oxygen atoms in total. The Bertz CT molecular complexity index is 551. The molecule has 2 aromatic rings. The Hall–Kier alpha value is -2.07. The van der Waals surface area contributed by atoms with E-state index in [0.717, 1.165) is 0 Å². The Morgan fingerprint density at radius 1 is 1.21 bits per heavy atom. The van der Waals surface area contributed by atoms with Gasteiger partial charge < -0.3 is 17.2 Å². The monoisotopic (exact) mass is 206 g/mol. The zero-order chi connectivity index (χ0) is 10.3. The van der Waals surface area contributed by atoms with Gasteiger partial charge in [0.25, 0.3) is 0 Å². The van der Waals surface area contributed by atoms with Crippen molar-refractivity contribution >= 4 is 38.3 Å². The van der Waals surface area contributed by atoms with Crippen molar-refractivity contribution in [2.45, 2.75) is 0 Å². The van der Waals surface area contributed by atoms with Crippen LogP contribution in [0.15, 0.2) is 0 Å². The molecule has 2 heterocycles. The third kappa shape index (κ3) is 1.02. The van der Waals surface area contributed by atoms with Crippen molar-refractivity contribution in [1.82, 2.24) is 9.97 Å². The minimum absolute atomic E-state index is 0.0859. The Morgan fingerprint density at radius 3 is 2.57 bits per heavy atom. The van der Waals surface area contributed by atoms with Gasteiger partial charge in [0.1, 0.15) is 17.5 Å². The summed E-state index contributed by atoms with van der Waals surface area (Å²) >= 11 is 1.19. The van der Waals surface area contributed by atoms with Gasteiger partial charge in [0, 0.05) is 0 Å². The van der Waals surface area contributed by atoms with Crippen LogP contribution in [-0.4, -0.2) is 9.97 Å². The lowest BCUT2D eigenvalue weighted by Gasteiger charge is -2.00. The third-order valence-electron chi connectivity index (χ3n) is 1.73. The molecule has 6 N–H and O–H groups in total. The predicted molar refractivity (Wildman–Crippen MR) is 55.4 cm³/mol. The van der Waals surface area contributed by atoms with E-state index in [0.29, 0.717) is 21.2 Å². The fourth-order valence-corrected chi connectivity index (χ4v) is 1.85. The molecule has 0 amide bonds. The van der Waals surface area contributed by atoms with Crippen LogP contribution in [0.4, 0.5) is 16.6 Å². The summed E-state index contributed by atoms with van der Waals surface area (Å²) in [6.07, 6.45) is 0. The first kappa shape index (κ1) is 8.52. The first-order valence-electron chi connectivity index (χ1n) is 3.64. The largest absolute Gasteiger partial charge is 0.396 e. The number of hydrogen-bond donors (Lipinski definition) is 3. The van der Waals surface area contributed by atoms with Gasteiger partial charge in [-0.25, -0.2) is 9.97 Å². The molecule has 0 aliphatic carbocycles. The molecule has 0 unspecified atom stereocenters. The predicted octanol–water partition coefficient (Wildman–Crippen LogP) is 0.310. The van der Waals surface area contributed by atoms with Crippen LogP contribution in [0.25, 0.3) is 10.3 Å². The SMILES string of the molecule is N#Cc1c(N)nc2nc(N)sc2c1N. The summed E-state index contributed by atoms with van der Waals surface area (Å²) in [5.74, 6) is 0.0859. The van der Waals surface area contributed by atoms with Gasteiger partial charge in [-0.05, 0) is 0 Å². The van der Waals surface area contributed by atoms with Gasteiger partial charge in [0.15, 0.2) is 10.8 Å². The number of thiazole rings is 1. The van der Waals surface area contributed by atoms with Gasteiger partial charge in [0.05, 0.1) is 10.4 Å². The molecule has 0 spiro atoms. The van der Waals surface area contributed by atoms with Crippen molar-refractivity contribution in [3.8, 4) is 6.07 Å². The van der Waals surface area contributed by atoms with Crippen LogP contribution in [0.5, 0.6) is 0 Å². The standard InChI is InChI=1S/C7H6N6S/c8-1-2-3(9)4-6(12-5(2)10)13-7(11)14-4/h(H6,9,10,11,12,13). The van der Waals surface area contributed by atoms with Crippen LogP contribution in [0.2, 0.25) is 0 Å². The van der Waals surface area contributed by atoms with Gasteiger partial charge in [-0.15, -0.1) is 0 Å². The third-order valence-corrected chi connectivity index (χ3v) is 2.64. The first-order valence-corrected chi connectivity index (χ1v) is 4.46. The fraction of sp³-hybridized carbons (Fsp3) is 0. The topological polar surface area (TPSA) is 128 Å². The zero-order valence-electron chi connectivity index (χ0n) is 6.98. The van der Waals surface area contributed by atoms with Crippen LogP contribution >= 0.6 is 11.3 Å². The first-order chi connectivity index (χ1) is 6.63. The van der Waals surface area contributed by atoms with Gasteiger partial charge in [-0.3, -0.25) is 0 Å². The number of fused-ring (bicyclic) bond motifs is 1. The van der Waals surface area contributed by atoms with E-state index in [1.54, 1.807) is 0 Å². The Morgan fingerprint density at radius 2 is 1.93 bits per heavy atom. The number of nitriles is 1. The van der Waals surface area contributed by atoms with Crippen LogP contribution in [0.1, 0.15) is 5.56 Å². The smallest absolute Gasteiger partial charge is 0.182 e. The van der Waals surface area contributed by atoms with E-state index in [4.69, 9.17) is 22.5 Å². The summed E-state index contributed by atoms with van der Waals surface area (Å²) in [5, 5.41) is 9.12. The maximum absolute atomic E-state index is 8.77. The molecule has 0 aliphatic rings. The van der Waals surface area contributed by atoms with E-state index < -0.39 is 0 Å². The summed E-state index contributed by atoms with van der Waals surface area (Å²) in [4.78, 5) is 7.85. The van der Waals surface area contributed by atoms with Crippen molar-refractivity contribution in [1.29, 1.82) is 5.26 Å². The molecule has 7 heteroatoms. The number of aromatic nitrogens is 2. The van der Waals surface area contributed by atoms with Gasteiger partial charge in [0.2, 0.25) is 0 Å². The quantitative estimate of drug-likeness (QED) is 0.569. The summed E-state index contributed by atoms with van der Waals surface area (Å²) in [7, 11) is 0. The minimum atomic E-state index is 0.0859. The molecule has 14 heavy (non-hydrogen) atoms. The number of hydrogen-bond acceptors (Lipinski definition) is 7. The van der Waals surface area contributed by atoms with Crippen molar-refractivity contribution in [2.75, 3.05) is 17.2 Å². The lowest BCUT2D eigenvalue weighted by atomic mass is 10.2. The second-order valence-corrected chi connectivity index (χ2v) is 3.63. The van der Waals surface area contributed by atoms with E-state index in [1.165, 1.54) is 11.3 Å². The molecule has 0 radical (unpaired) electrons. The number of nitrogens with two attached hydrogens (primary N) is 3. The van der Waals surface area contributed by atoms with Crippen molar-refractivity contribution in [2.24, 2.45) is 0 Å². The second-order valence-electron chi connectivity index (χ2n) is 2.60. The second kappa shape index (κ2) is 2.71. The van der Waals surface area contributed by atoms with Gasteiger partial charge >= 0.3 is 0 Å². The average Bonchev–Trinajstić information content (AvgIpc) is 2.47. The number of nitrogen functional groups attached to an aromatic ring is 3. The molecule has 0 fully saturated rings. The van der Waals surface area contributed by atoms with Crippen LogP contribution in [0.3, 0.4) is 0 Å². The number of rotatable bonds is 0. The van der Waals surface area contributed by atoms with Gasteiger partial charge in [-0.2, -0.15) is 5.26 Å². The number of anilines is 3. The lowest BCUT2D eigenvalue weighted by Crippen LogP contribution is -2.00. The molecule has 2 rings (SSSR count). The summed E-state index contributed by atoms with van der Waals surface area (Å²) in [6.45, 7) is 0. The molecular weight excluding hydrogens is 200 g/mol. The maximum atomic E-state index is 8.77. The molecule has 0 saturated heterocycles. The average molecular weight is 206 g/mol. The molecule has 2 aromatic heterocycles. The zero-order valence-corrected chi connectivity index (χ0v) is 7.80. The molecule has 0 aromatic carbocycles. The highest BCUT2D eigenvalue weighted by atomic mass is 32.1. The van der Waals surface area contributed by atoms with Crippen molar-refractivity contribution in [3.63, 3.8) is 0 Å².